The molecule has 1 amide bonds. The molecule has 16 heavy (non-hydrogen) atoms. The third-order valence-electron chi connectivity index (χ3n) is 2.99. The van der Waals surface area contributed by atoms with Crippen molar-refractivity contribution in [2.45, 2.75) is 31.7 Å². The van der Waals surface area contributed by atoms with E-state index in [9.17, 15) is 4.79 Å². The van der Waals surface area contributed by atoms with Gasteiger partial charge in [0, 0.05) is 19.0 Å². The molecule has 0 spiro atoms. The molecule has 0 radical (unpaired) electrons. The maximum Gasteiger partial charge on any atom is 0.220 e. The number of carbonyl (C=O) groups excluding carboxylic acids is 1. The highest BCUT2D eigenvalue weighted by molar-refractivity contribution is 5.77. The fourth-order valence-corrected chi connectivity index (χ4v) is 2.16. The molecular formula is C13H18N2O. The lowest BCUT2D eigenvalue weighted by molar-refractivity contribution is -0.119. The summed E-state index contributed by atoms with van der Waals surface area (Å²) in [5.74, 6) is 0.204. The van der Waals surface area contributed by atoms with Gasteiger partial charge in [-0.05, 0) is 30.4 Å². The Labute approximate surface area is 96.0 Å². The predicted octanol–water partition coefficient (Wildman–Crippen LogP) is 1.01. The van der Waals surface area contributed by atoms with Crippen molar-refractivity contribution in [3.8, 4) is 0 Å². The smallest absolute Gasteiger partial charge is 0.220 e. The third kappa shape index (κ3) is 2.83. The number of amides is 1. The van der Waals surface area contributed by atoms with Crippen molar-refractivity contribution in [1.29, 1.82) is 0 Å². The summed E-state index contributed by atoms with van der Waals surface area (Å²) in [6.07, 6.45) is 3.89. The van der Waals surface area contributed by atoms with E-state index in [4.69, 9.17) is 5.73 Å². The summed E-state index contributed by atoms with van der Waals surface area (Å²) in [5, 5.41) is 2.68. The minimum Gasteiger partial charge on any atom is -0.356 e. The fraction of sp³-hybridized carbons (Fsp3) is 0.462. The van der Waals surface area contributed by atoms with Crippen LogP contribution in [0.1, 0.15) is 24.0 Å². The SMILES string of the molecule is NC1Cc2ccccc2C1.O=C1CCCN1. The van der Waals surface area contributed by atoms with Gasteiger partial charge in [-0.2, -0.15) is 0 Å². The molecule has 0 aromatic heterocycles. The second-order valence-corrected chi connectivity index (χ2v) is 4.39. The lowest BCUT2D eigenvalue weighted by Gasteiger charge is -1.94. The fourth-order valence-electron chi connectivity index (χ4n) is 2.16. The number of fused-ring (bicyclic) bond motifs is 1. The van der Waals surface area contributed by atoms with Crippen LogP contribution in [0.15, 0.2) is 24.3 Å². The van der Waals surface area contributed by atoms with E-state index in [1.807, 2.05) is 0 Å². The first-order chi connectivity index (χ1) is 7.75. The first-order valence-corrected chi connectivity index (χ1v) is 5.85. The summed E-state index contributed by atoms with van der Waals surface area (Å²) in [7, 11) is 0. The Morgan fingerprint density at radius 1 is 1.19 bits per heavy atom. The molecule has 1 saturated heterocycles. The van der Waals surface area contributed by atoms with E-state index in [2.05, 4.69) is 29.6 Å². The predicted molar refractivity (Wildman–Crippen MR) is 64.1 cm³/mol. The molecule has 3 rings (SSSR count). The van der Waals surface area contributed by atoms with E-state index < -0.39 is 0 Å². The van der Waals surface area contributed by atoms with Gasteiger partial charge in [0.15, 0.2) is 0 Å². The van der Waals surface area contributed by atoms with Gasteiger partial charge in [0.1, 0.15) is 0 Å². The van der Waals surface area contributed by atoms with Crippen molar-refractivity contribution in [3.05, 3.63) is 35.4 Å². The molecule has 1 aliphatic heterocycles. The quantitative estimate of drug-likeness (QED) is 0.683. The van der Waals surface area contributed by atoms with Crippen LogP contribution in [0.25, 0.3) is 0 Å². The number of rotatable bonds is 0. The molecule has 0 bridgehead atoms. The van der Waals surface area contributed by atoms with Crippen LogP contribution in [0.3, 0.4) is 0 Å². The number of nitrogens with two attached hydrogens (primary N) is 1. The van der Waals surface area contributed by atoms with Crippen LogP contribution in [0.2, 0.25) is 0 Å². The van der Waals surface area contributed by atoms with E-state index in [1.165, 1.54) is 11.1 Å². The molecule has 0 unspecified atom stereocenters. The first-order valence-electron chi connectivity index (χ1n) is 5.85. The largest absolute Gasteiger partial charge is 0.356 e. The van der Waals surface area contributed by atoms with Gasteiger partial charge in [-0.1, -0.05) is 24.3 Å². The number of carbonyl (C=O) groups is 1. The molecule has 1 aromatic carbocycles. The van der Waals surface area contributed by atoms with Crippen molar-refractivity contribution in [3.63, 3.8) is 0 Å². The van der Waals surface area contributed by atoms with Crippen molar-refractivity contribution >= 4 is 5.91 Å². The van der Waals surface area contributed by atoms with Gasteiger partial charge in [-0.15, -0.1) is 0 Å². The van der Waals surface area contributed by atoms with E-state index >= 15 is 0 Å². The number of benzene rings is 1. The standard InChI is InChI=1S/C9H11N.C4H7NO/c10-9-5-7-3-1-2-4-8(7)6-9;6-4-2-1-3-5-4/h1-4,9H,5-6,10H2;1-3H2,(H,5,6). The molecule has 0 atom stereocenters. The van der Waals surface area contributed by atoms with Gasteiger partial charge in [0.25, 0.3) is 0 Å². The van der Waals surface area contributed by atoms with Gasteiger partial charge >= 0.3 is 0 Å². The zero-order valence-electron chi connectivity index (χ0n) is 9.41. The van der Waals surface area contributed by atoms with Crippen LogP contribution in [0, 0.1) is 0 Å². The molecule has 2 aliphatic rings. The molecule has 3 nitrogen and oxygen atoms in total. The Kier molecular flexibility index (Phi) is 3.57. The molecule has 3 heteroatoms. The Balaban J connectivity index is 0.000000138. The van der Waals surface area contributed by atoms with Crippen molar-refractivity contribution in [1.82, 2.24) is 5.32 Å². The average molecular weight is 218 g/mol. The molecule has 0 saturated carbocycles. The maximum atomic E-state index is 10.1. The Morgan fingerprint density at radius 3 is 2.19 bits per heavy atom. The highest BCUT2D eigenvalue weighted by atomic mass is 16.1. The maximum absolute atomic E-state index is 10.1. The highest BCUT2D eigenvalue weighted by Gasteiger charge is 2.16. The van der Waals surface area contributed by atoms with Crippen LogP contribution in [-0.4, -0.2) is 18.5 Å². The Bertz CT molecular complexity index is 343. The lowest BCUT2D eigenvalue weighted by Crippen LogP contribution is -2.18. The van der Waals surface area contributed by atoms with Gasteiger partial charge < -0.3 is 11.1 Å². The summed E-state index contributed by atoms with van der Waals surface area (Å²) in [6.45, 7) is 0.888. The number of hydrogen-bond acceptors (Lipinski definition) is 2. The third-order valence-corrected chi connectivity index (χ3v) is 2.99. The summed E-state index contributed by atoms with van der Waals surface area (Å²) in [5.41, 5.74) is 8.66. The van der Waals surface area contributed by atoms with Crippen LogP contribution in [0.4, 0.5) is 0 Å². The molecule has 1 aliphatic carbocycles. The minimum absolute atomic E-state index is 0.204. The van der Waals surface area contributed by atoms with Crippen molar-refractivity contribution in [2.75, 3.05) is 6.54 Å². The van der Waals surface area contributed by atoms with Gasteiger partial charge in [0.05, 0.1) is 0 Å². The number of hydrogen-bond donors (Lipinski definition) is 2. The van der Waals surface area contributed by atoms with Crippen LogP contribution < -0.4 is 11.1 Å². The van der Waals surface area contributed by atoms with E-state index in [0.717, 1.165) is 32.2 Å². The molecule has 1 fully saturated rings. The molecule has 1 aromatic rings. The number of nitrogens with one attached hydrogen (secondary N) is 1. The zero-order valence-corrected chi connectivity index (χ0v) is 9.41. The van der Waals surface area contributed by atoms with Crippen LogP contribution >= 0.6 is 0 Å². The topological polar surface area (TPSA) is 55.1 Å². The normalized spacial score (nSPS) is 18.7. The summed E-state index contributed by atoms with van der Waals surface area (Å²) in [6, 6.07) is 8.87. The average Bonchev–Trinajstić information content (AvgIpc) is 2.86. The lowest BCUT2D eigenvalue weighted by atomic mass is 10.1. The summed E-state index contributed by atoms with van der Waals surface area (Å²) in [4.78, 5) is 10.1. The summed E-state index contributed by atoms with van der Waals surface area (Å²) < 4.78 is 0. The molecule has 3 N–H and O–H groups in total. The Hall–Kier alpha value is -1.35. The van der Waals surface area contributed by atoms with Gasteiger partial charge in [-0.25, -0.2) is 0 Å². The second-order valence-electron chi connectivity index (χ2n) is 4.39. The highest BCUT2D eigenvalue weighted by Crippen LogP contribution is 2.19. The first kappa shape index (κ1) is 11.1. The molecule has 1 heterocycles. The van der Waals surface area contributed by atoms with Crippen LogP contribution in [-0.2, 0) is 17.6 Å². The monoisotopic (exact) mass is 218 g/mol. The van der Waals surface area contributed by atoms with Gasteiger partial charge in [0.2, 0.25) is 5.91 Å². The molecule has 86 valence electrons. The summed E-state index contributed by atoms with van der Waals surface area (Å²) >= 11 is 0. The van der Waals surface area contributed by atoms with Crippen molar-refractivity contribution in [2.24, 2.45) is 5.73 Å². The van der Waals surface area contributed by atoms with E-state index in [1.54, 1.807) is 0 Å². The van der Waals surface area contributed by atoms with Crippen molar-refractivity contribution < 1.29 is 4.79 Å². The van der Waals surface area contributed by atoms with E-state index in [0.29, 0.717) is 6.04 Å². The minimum atomic E-state index is 0.204. The Morgan fingerprint density at radius 2 is 1.81 bits per heavy atom. The zero-order chi connectivity index (χ0) is 11.4. The molecular weight excluding hydrogens is 200 g/mol. The second kappa shape index (κ2) is 5.12. The van der Waals surface area contributed by atoms with E-state index in [-0.39, 0.29) is 5.91 Å². The van der Waals surface area contributed by atoms with Crippen LogP contribution in [0.5, 0.6) is 0 Å². The van der Waals surface area contributed by atoms with Gasteiger partial charge in [-0.3, -0.25) is 4.79 Å².